The lowest BCUT2D eigenvalue weighted by molar-refractivity contribution is 0.565. The highest BCUT2D eigenvalue weighted by molar-refractivity contribution is 7.89. The fraction of sp³-hybridized carbons (Fsp3) is 0.667. The Hall–Kier alpha value is -0.920. The molecule has 7 heteroatoms. The second kappa shape index (κ2) is 3.28. The average Bonchev–Trinajstić information content (AvgIpc) is 2.68. The maximum absolute atomic E-state index is 11.9. The van der Waals surface area contributed by atoms with E-state index in [0.717, 1.165) is 13.1 Å². The Balaban J connectivity index is 1.75. The predicted octanol–water partition coefficient (Wildman–Crippen LogP) is -1.08. The highest BCUT2D eigenvalue weighted by atomic mass is 32.2. The third-order valence-electron chi connectivity index (χ3n) is 3.37. The summed E-state index contributed by atoms with van der Waals surface area (Å²) in [4.78, 5) is 0.243. The summed E-state index contributed by atoms with van der Waals surface area (Å²) >= 11 is 0. The molecule has 1 aromatic rings. The van der Waals surface area contributed by atoms with Crippen molar-refractivity contribution in [3.63, 3.8) is 0 Å². The van der Waals surface area contributed by atoms with Gasteiger partial charge in [0.1, 0.15) is 4.90 Å². The number of nitrogens with one attached hydrogen (secondary N) is 2. The van der Waals surface area contributed by atoms with Crippen LogP contribution in [0.25, 0.3) is 0 Å². The van der Waals surface area contributed by atoms with Crippen LogP contribution in [0.15, 0.2) is 17.3 Å². The third kappa shape index (κ3) is 1.55. The lowest BCUT2D eigenvalue weighted by Gasteiger charge is -2.06. The normalized spacial score (nSPS) is 32.7. The van der Waals surface area contributed by atoms with Crippen LogP contribution in [0.3, 0.4) is 0 Å². The number of hydrogen-bond acceptors (Lipinski definition) is 4. The lowest BCUT2D eigenvalue weighted by atomic mass is 10.4. The third-order valence-corrected chi connectivity index (χ3v) is 4.79. The molecule has 1 saturated heterocycles. The summed E-state index contributed by atoms with van der Waals surface area (Å²) in [6.07, 6.45) is 2.89. The molecule has 2 fully saturated rings. The van der Waals surface area contributed by atoms with Crippen molar-refractivity contribution >= 4 is 10.0 Å². The second-order valence-corrected chi connectivity index (χ2v) is 6.20. The zero-order chi connectivity index (χ0) is 11.3. The van der Waals surface area contributed by atoms with Gasteiger partial charge in [0.15, 0.2) is 0 Å². The van der Waals surface area contributed by atoms with Gasteiger partial charge in [0.25, 0.3) is 0 Å². The number of nitrogens with zero attached hydrogens (tertiary/aromatic N) is 2. The SMILES string of the molecule is Cn1cc(S(=O)(=O)NC2C3CNCC32)cn1. The van der Waals surface area contributed by atoms with Gasteiger partial charge in [-0.05, 0) is 24.9 Å². The van der Waals surface area contributed by atoms with Crippen molar-refractivity contribution in [1.29, 1.82) is 0 Å². The molecule has 0 radical (unpaired) electrons. The van der Waals surface area contributed by atoms with Gasteiger partial charge in [-0.2, -0.15) is 5.10 Å². The van der Waals surface area contributed by atoms with Crippen molar-refractivity contribution in [2.75, 3.05) is 13.1 Å². The van der Waals surface area contributed by atoms with E-state index in [1.54, 1.807) is 7.05 Å². The number of piperidine rings is 1. The van der Waals surface area contributed by atoms with Gasteiger partial charge in [-0.25, -0.2) is 13.1 Å². The van der Waals surface area contributed by atoms with E-state index in [9.17, 15) is 8.42 Å². The number of aryl methyl sites for hydroxylation is 1. The summed E-state index contributed by atoms with van der Waals surface area (Å²) in [5.41, 5.74) is 0. The molecule has 3 rings (SSSR count). The average molecular weight is 242 g/mol. The summed E-state index contributed by atoms with van der Waals surface area (Å²) in [5.74, 6) is 0.956. The second-order valence-electron chi connectivity index (χ2n) is 4.48. The maximum Gasteiger partial charge on any atom is 0.243 e. The van der Waals surface area contributed by atoms with E-state index < -0.39 is 10.0 Å². The minimum atomic E-state index is -3.38. The van der Waals surface area contributed by atoms with Crippen LogP contribution in [0.1, 0.15) is 0 Å². The number of fused-ring (bicyclic) bond motifs is 1. The van der Waals surface area contributed by atoms with Crippen molar-refractivity contribution in [2.45, 2.75) is 10.9 Å². The van der Waals surface area contributed by atoms with Crippen molar-refractivity contribution in [3.05, 3.63) is 12.4 Å². The van der Waals surface area contributed by atoms with Crippen LogP contribution < -0.4 is 10.0 Å². The number of aromatic nitrogens is 2. The van der Waals surface area contributed by atoms with Crippen molar-refractivity contribution in [1.82, 2.24) is 19.8 Å². The zero-order valence-electron chi connectivity index (χ0n) is 8.92. The maximum atomic E-state index is 11.9. The highest BCUT2D eigenvalue weighted by Gasteiger charge is 2.54. The Bertz CT molecular complexity index is 499. The van der Waals surface area contributed by atoms with Crippen LogP contribution in [0.2, 0.25) is 0 Å². The fourth-order valence-electron chi connectivity index (χ4n) is 2.38. The Kier molecular flexibility index (Phi) is 2.10. The van der Waals surface area contributed by atoms with Crippen molar-refractivity contribution in [2.24, 2.45) is 18.9 Å². The van der Waals surface area contributed by atoms with Gasteiger partial charge in [0.2, 0.25) is 10.0 Å². The molecule has 0 spiro atoms. The molecule has 6 nitrogen and oxygen atoms in total. The largest absolute Gasteiger partial charge is 0.316 e. The van der Waals surface area contributed by atoms with Gasteiger partial charge < -0.3 is 5.32 Å². The summed E-state index contributed by atoms with van der Waals surface area (Å²) in [7, 11) is -1.68. The minimum absolute atomic E-state index is 0.117. The van der Waals surface area contributed by atoms with E-state index in [4.69, 9.17) is 0 Å². The summed E-state index contributed by atoms with van der Waals surface area (Å²) in [6.45, 7) is 1.84. The number of hydrogen-bond donors (Lipinski definition) is 2. The molecule has 2 aliphatic rings. The molecule has 2 heterocycles. The summed E-state index contributed by atoms with van der Waals surface area (Å²) < 4.78 is 28.1. The Morgan fingerprint density at radius 2 is 2.19 bits per heavy atom. The van der Waals surface area contributed by atoms with Crippen LogP contribution in [-0.4, -0.2) is 37.3 Å². The smallest absolute Gasteiger partial charge is 0.243 e. The van der Waals surface area contributed by atoms with E-state index in [1.807, 2.05) is 0 Å². The molecule has 1 saturated carbocycles. The van der Waals surface area contributed by atoms with Crippen LogP contribution in [0.4, 0.5) is 0 Å². The first-order valence-corrected chi connectivity index (χ1v) is 6.78. The molecule has 1 aliphatic carbocycles. The first-order chi connectivity index (χ1) is 7.58. The zero-order valence-corrected chi connectivity index (χ0v) is 9.74. The van der Waals surface area contributed by atoms with Crippen LogP contribution in [-0.2, 0) is 17.1 Å². The molecule has 0 bridgehead atoms. The van der Waals surface area contributed by atoms with Gasteiger partial charge in [-0.3, -0.25) is 4.68 Å². The molecule has 16 heavy (non-hydrogen) atoms. The quantitative estimate of drug-likeness (QED) is 0.706. The van der Waals surface area contributed by atoms with Crippen molar-refractivity contribution in [3.8, 4) is 0 Å². The van der Waals surface area contributed by atoms with Gasteiger partial charge in [0.05, 0.1) is 6.20 Å². The predicted molar refractivity (Wildman–Crippen MR) is 57.2 cm³/mol. The Morgan fingerprint density at radius 1 is 1.50 bits per heavy atom. The number of rotatable bonds is 3. The van der Waals surface area contributed by atoms with Crippen LogP contribution in [0.5, 0.6) is 0 Å². The van der Waals surface area contributed by atoms with Crippen LogP contribution in [0, 0.1) is 11.8 Å². The van der Waals surface area contributed by atoms with E-state index in [2.05, 4.69) is 15.1 Å². The topological polar surface area (TPSA) is 76.0 Å². The summed E-state index contributed by atoms with van der Waals surface area (Å²) in [6, 6.07) is 0.117. The molecule has 0 aromatic carbocycles. The number of sulfonamides is 1. The van der Waals surface area contributed by atoms with E-state index in [-0.39, 0.29) is 10.9 Å². The van der Waals surface area contributed by atoms with Gasteiger partial charge >= 0.3 is 0 Å². The van der Waals surface area contributed by atoms with E-state index in [0.29, 0.717) is 11.8 Å². The molecule has 88 valence electrons. The molecule has 1 aliphatic heterocycles. The van der Waals surface area contributed by atoms with Crippen LogP contribution >= 0.6 is 0 Å². The molecule has 2 atom stereocenters. The fourth-order valence-corrected chi connectivity index (χ4v) is 3.70. The standard InChI is InChI=1S/C9H14N4O2S/c1-13-5-6(2-11-13)16(14,15)12-9-7-3-10-4-8(7)9/h2,5,7-10,12H,3-4H2,1H3. The highest BCUT2D eigenvalue weighted by Crippen LogP contribution is 2.42. The molecular formula is C9H14N4O2S. The molecule has 2 N–H and O–H groups in total. The Morgan fingerprint density at radius 3 is 2.75 bits per heavy atom. The van der Waals surface area contributed by atoms with Gasteiger partial charge in [-0.1, -0.05) is 0 Å². The molecule has 1 aromatic heterocycles. The molecule has 2 unspecified atom stereocenters. The molecular weight excluding hydrogens is 228 g/mol. The van der Waals surface area contributed by atoms with Gasteiger partial charge in [-0.15, -0.1) is 0 Å². The summed E-state index contributed by atoms with van der Waals surface area (Å²) in [5, 5.41) is 7.10. The minimum Gasteiger partial charge on any atom is -0.316 e. The van der Waals surface area contributed by atoms with Crippen molar-refractivity contribution < 1.29 is 8.42 Å². The first-order valence-electron chi connectivity index (χ1n) is 5.29. The lowest BCUT2D eigenvalue weighted by Crippen LogP contribution is -2.32. The Labute approximate surface area is 94.1 Å². The first kappa shape index (κ1) is 10.2. The monoisotopic (exact) mass is 242 g/mol. The van der Waals surface area contributed by atoms with Gasteiger partial charge in [0, 0.05) is 19.3 Å². The molecule has 0 amide bonds. The van der Waals surface area contributed by atoms with E-state index >= 15 is 0 Å². The van der Waals surface area contributed by atoms with E-state index in [1.165, 1.54) is 17.1 Å².